The summed E-state index contributed by atoms with van der Waals surface area (Å²) >= 11 is 0. The van der Waals surface area contributed by atoms with Gasteiger partial charge in [-0.25, -0.2) is 0 Å². The molecule has 9 heteroatoms. The van der Waals surface area contributed by atoms with Crippen LogP contribution < -0.4 is 11.1 Å². The van der Waals surface area contributed by atoms with Gasteiger partial charge in [-0.05, 0) is 26.2 Å². The molecular weight excluding hydrogens is 308 g/mol. The Morgan fingerprint density at radius 3 is 2.77 bits per heavy atom. The third-order valence-corrected chi connectivity index (χ3v) is 4.07. The van der Waals surface area contributed by atoms with E-state index in [4.69, 9.17) is 10.2 Å². The molecule has 0 aliphatic rings. The summed E-state index contributed by atoms with van der Waals surface area (Å²) in [4.78, 5) is 11.9. The van der Waals surface area contributed by atoms with E-state index < -0.39 is 21.0 Å². The molecule has 1 aromatic heterocycles. The van der Waals surface area contributed by atoms with Gasteiger partial charge >= 0.3 is 0 Å². The van der Waals surface area contributed by atoms with E-state index in [0.717, 1.165) is 12.0 Å². The van der Waals surface area contributed by atoms with E-state index in [1.54, 1.807) is 12.3 Å². The van der Waals surface area contributed by atoms with Gasteiger partial charge in [-0.1, -0.05) is 0 Å². The number of nitrogens with two attached hydrogens (primary N) is 1. The van der Waals surface area contributed by atoms with Crippen LogP contribution in [-0.2, 0) is 17.3 Å². The summed E-state index contributed by atoms with van der Waals surface area (Å²) in [5.41, 5.74) is 5.72. The van der Waals surface area contributed by atoms with Crippen LogP contribution in [0.15, 0.2) is 28.4 Å². The highest BCUT2D eigenvalue weighted by atomic mass is 32.2. The van der Waals surface area contributed by atoms with E-state index in [0.29, 0.717) is 12.3 Å². The number of rotatable bonds is 9. The van der Waals surface area contributed by atoms with Gasteiger partial charge in [0.05, 0.1) is 17.2 Å². The van der Waals surface area contributed by atoms with Crippen molar-refractivity contribution in [2.75, 3.05) is 33.4 Å². The normalized spacial score (nSPS) is 14.9. The van der Waals surface area contributed by atoms with Crippen LogP contribution in [0.4, 0.5) is 0 Å². The molecule has 2 atom stereocenters. The minimum absolute atomic E-state index is 0.00802. The fourth-order valence-electron chi connectivity index (χ4n) is 1.87. The number of nitrogens with zero attached hydrogens (tertiary/aromatic N) is 2. The Labute approximate surface area is 131 Å². The quantitative estimate of drug-likeness (QED) is 0.498. The predicted molar refractivity (Wildman–Crippen MR) is 85.0 cm³/mol. The van der Waals surface area contributed by atoms with Crippen molar-refractivity contribution >= 4 is 10.8 Å². The molecule has 22 heavy (non-hydrogen) atoms. The first-order valence-electron chi connectivity index (χ1n) is 6.67. The molecule has 0 fully saturated rings. The molecule has 0 spiro atoms. The van der Waals surface area contributed by atoms with E-state index in [-0.39, 0.29) is 18.8 Å². The smallest absolute Gasteiger partial charge is 0.254 e. The van der Waals surface area contributed by atoms with Crippen molar-refractivity contribution in [2.45, 2.75) is 11.8 Å². The summed E-state index contributed by atoms with van der Waals surface area (Å²) in [6.45, 7) is 0.898. The van der Waals surface area contributed by atoms with Crippen molar-refractivity contribution in [2.24, 2.45) is 5.73 Å². The van der Waals surface area contributed by atoms with Crippen molar-refractivity contribution in [1.82, 2.24) is 10.2 Å². The van der Waals surface area contributed by atoms with Crippen LogP contribution in [0.5, 0.6) is 0 Å². The fourth-order valence-corrected chi connectivity index (χ4v) is 2.64. The first-order chi connectivity index (χ1) is 10.3. The summed E-state index contributed by atoms with van der Waals surface area (Å²) in [6.07, 6.45) is 2.38. The van der Waals surface area contributed by atoms with E-state index in [1.165, 1.54) is 0 Å². The molecule has 0 saturated carbocycles. The number of nitro groups is 1. The first kappa shape index (κ1) is 18.3. The van der Waals surface area contributed by atoms with Crippen molar-refractivity contribution in [1.29, 1.82) is 0 Å². The highest BCUT2D eigenvalue weighted by molar-refractivity contribution is 7.84. The summed E-state index contributed by atoms with van der Waals surface area (Å²) < 4.78 is 17.6. The van der Waals surface area contributed by atoms with Gasteiger partial charge in [-0.3, -0.25) is 14.3 Å². The Morgan fingerprint density at radius 1 is 1.59 bits per heavy atom. The van der Waals surface area contributed by atoms with Crippen molar-refractivity contribution < 1.29 is 13.5 Å². The zero-order valence-electron chi connectivity index (χ0n) is 12.9. The lowest BCUT2D eigenvalue weighted by atomic mass is 10.3. The van der Waals surface area contributed by atoms with Gasteiger partial charge in [0, 0.05) is 30.1 Å². The summed E-state index contributed by atoms with van der Waals surface area (Å²) in [5.74, 6) is 1.36. The molecule has 1 rings (SSSR count). The van der Waals surface area contributed by atoms with Gasteiger partial charge in [-0.15, -0.1) is 0 Å². The van der Waals surface area contributed by atoms with Gasteiger partial charge in [0.15, 0.2) is 0 Å². The van der Waals surface area contributed by atoms with Crippen molar-refractivity contribution in [3.05, 3.63) is 45.7 Å². The van der Waals surface area contributed by atoms with E-state index in [1.807, 2.05) is 25.1 Å². The number of nitrogens with one attached hydrogen (secondary N) is 1. The average Bonchev–Trinajstić information content (AvgIpc) is 2.84. The number of furan rings is 1. The molecule has 1 aromatic rings. The van der Waals surface area contributed by atoms with Crippen LogP contribution in [-0.4, -0.2) is 47.5 Å². The Kier molecular flexibility index (Phi) is 7.22. The molecule has 0 radical (unpaired) electrons. The third-order valence-electron chi connectivity index (χ3n) is 2.87. The topological polar surface area (TPSA) is 115 Å². The lowest BCUT2D eigenvalue weighted by Crippen LogP contribution is -2.27. The van der Waals surface area contributed by atoms with Crippen LogP contribution in [0.2, 0.25) is 0 Å². The molecular formula is C13H22N4O4S. The maximum Gasteiger partial charge on any atom is 0.254 e. The maximum absolute atomic E-state index is 11.9. The zero-order chi connectivity index (χ0) is 16.7. The molecule has 3 N–H and O–H groups in total. The highest BCUT2D eigenvalue weighted by Crippen LogP contribution is 2.22. The Balaban J connectivity index is 2.79. The molecule has 0 amide bonds. The monoisotopic (exact) mass is 330 g/mol. The fraction of sp³-hybridized carbons (Fsp3) is 0.538. The van der Waals surface area contributed by atoms with Crippen LogP contribution in [0.3, 0.4) is 0 Å². The second-order valence-electron chi connectivity index (χ2n) is 5.05. The highest BCUT2D eigenvalue weighted by Gasteiger charge is 2.20. The largest absolute Gasteiger partial charge is 0.463 e. The molecule has 0 saturated heterocycles. The Hall–Kier alpha value is -1.71. The zero-order valence-corrected chi connectivity index (χ0v) is 13.8. The maximum atomic E-state index is 11.9. The lowest BCUT2D eigenvalue weighted by Gasteiger charge is -2.14. The summed E-state index contributed by atoms with van der Waals surface area (Å²) in [5, 5.41) is 12.9. The van der Waals surface area contributed by atoms with Gasteiger partial charge < -0.3 is 20.4 Å². The molecule has 0 aromatic carbocycles. The number of hydrogen-bond donors (Lipinski definition) is 2. The SMILES string of the molecule is CN(C)Cc1ccc(C(CNC(=C[N+](=O)[O-])CN)S(C)=O)o1. The van der Waals surface area contributed by atoms with Crippen molar-refractivity contribution in [3.63, 3.8) is 0 Å². The van der Waals surface area contributed by atoms with Crippen LogP contribution in [0.1, 0.15) is 16.8 Å². The van der Waals surface area contributed by atoms with E-state index in [9.17, 15) is 14.3 Å². The summed E-state index contributed by atoms with van der Waals surface area (Å²) in [6, 6.07) is 3.62. The van der Waals surface area contributed by atoms with E-state index >= 15 is 0 Å². The van der Waals surface area contributed by atoms with Gasteiger partial charge in [-0.2, -0.15) is 0 Å². The van der Waals surface area contributed by atoms with Crippen molar-refractivity contribution in [3.8, 4) is 0 Å². The summed E-state index contributed by atoms with van der Waals surface area (Å²) in [7, 11) is 2.66. The molecule has 0 bridgehead atoms. The van der Waals surface area contributed by atoms with Crippen LogP contribution in [0.25, 0.3) is 0 Å². The standard InChI is InChI=1S/C13H22N4O4S/c1-16(2)9-11-4-5-12(21-11)13(22(3)20)7-15-10(6-14)8-17(18)19/h4-5,8,13,15H,6-7,9,14H2,1-3H3. The third kappa shape index (κ3) is 5.96. The van der Waals surface area contributed by atoms with E-state index in [2.05, 4.69) is 5.32 Å². The van der Waals surface area contributed by atoms with Gasteiger partial charge in [0.25, 0.3) is 6.20 Å². The lowest BCUT2D eigenvalue weighted by molar-refractivity contribution is -0.403. The minimum atomic E-state index is -1.19. The predicted octanol–water partition coefficient (Wildman–Crippen LogP) is 0.427. The molecule has 8 nitrogen and oxygen atoms in total. The van der Waals surface area contributed by atoms with Crippen LogP contribution in [0, 0.1) is 10.1 Å². The Morgan fingerprint density at radius 2 is 2.27 bits per heavy atom. The molecule has 0 aliphatic carbocycles. The average molecular weight is 330 g/mol. The number of hydrogen-bond acceptors (Lipinski definition) is 7. The second-order valence-corrected chi connectivity index (χ2v) is 6.62. The molecule has 124 valence electrons. The minimum Gasteiger partial charge on any atom is -0.463 e. The first-order valence-corrected chi connectivity index (χ1v) is 8.29. The Bertz CT molecular complexity index is 556. The second kappa shape index (κ2) is 8.66. The molecule has 1 heterocycles. The van der Waals surface area contributed by atoms with Gasteiger partial charge in [0.2, 0.25) is 0 Å². The van der Waals surface area contributed by atoms with Crippen LogP contribution >= 0.6 is 0 Å². The molecule has 0 aliphatic heterocycles. The van der Waals surface area contributed by atoms with Gasteiger partial charge in [0.1, 0.15) is 16.8 Å². The molecule has 2 unspecified atom stereocenters.